The van der Waals surface area contributed by atoms with E-state index in [4.69, 9.17) is 34.6 Å². The number of amides is 4. The number of carbonyl (C=O) groups is 4. The zero-order valence-corrected chi connectivity index (χ0v) is 82.0. The first-order valence-corrected chi connectivity index (χ1v) is 47.5. The van der Waals surface area contributed by atoms with Crippen molar-refractivity contribution in [2.45, 2.75) is 260 Å². The Balaban J connectivity index is 0.000000151. The number of likely N-dealkylation sites (tertiary alicyclic amines) is 1. The van der Waals surface area contributed by atoms with Crippen molar-refractivity contribution >= 4 is 76.4 Å². The van der Waals surface area contributed by atoms with Gasteiger partial charge in [0.2, 0.25) is 41.5 Å². The molecule has 0 spiro atoms. The number of carbonyl (C=O) groups excluding carboxylic acids is 4. The zero-order valence-electron chi connectivity index (χ0n) is 82.0. The van der Waals surface area contributed by atoms with Crippen molar-refractivity contribution in [3.05, 3.63) is 88.5 Å². The summed E-state index contributed by atoms with van der Waals surface area (Å²) in [5, 5.41) is 37.0. The van der Waals surface area contributed by atoms with Crippen molar-refractivity contribution in [3.8, 4) is 6.01 Å². The normalized spacial score (nSPS) is 18.4. The lowest BCUT2D eigenvalue weighted by Crippen LogP contribution is -2.56. The van der Waals surface area contributed by atoms with Crippen LogP contribution in [0.3, 0.4) is 0 Å². The minimum atomic E-state index is -0.0357. The Morgan fingerprint density at radius 2 is 0.690 bits per heavy atom. The highest BCUT2D eigenvalue weighted by atomic mass is 16.5. The summed E-state index contributed by atoms with van der Waals surface area (Å²) in [6, 6.07) is 17.5. The summed E-state index contributed by atoms with van der Waals surface area (Å²) < 4.78 is 5.44. The van der Waals surface area contributed by atoms with E-state index in [9.17, 15) is 19.2 Å². The molecule has 0 bridgehead atoms. The fraction of sp³-hybridized carbons (Fsp3) is 0.695. The lowest BCUT2D eigenvalue weighted by molar-refractivity contribution is -0.135. The Kier molecular flexibility index (Phi) is 34.0. The molecule has 4 amide bonds. The van der Waals surface area contributed by atoms with Gasteiger partial charge in [0.25, 0.3) is 0 Å². The number of nitrogens with zero attached hydrogens (tertiary/aromatic N) is 18. The van der Waals surface area contributed by atoms with Crippen LogP contribution in [0.5, 0.6) is 6.01 Å². The third-order valence-electron chi connectivity index (χ3n) is 24.3. The number of pyridine rings is 1. The van der Waals surface area contributed by atoms with Gasteiger partial charge in [-0.2, -0.15) is 24.9 Å². The molecule has 0 atom stereocenters. The smallest absolute Gasteiger partial charge is 0.318 e. The van der Waals surface area contributed by atoms with Gasteiger partial charge in [-0.1, -0.05) is 145 Å². The van der Waals surface area contributed by atoms with Gasteiger partial charge in [0, 0.05) is 253 Å². The Hall–Kier alpha value is -9.77. The number of nitrogens with one attached hydrogen (secondary N) is 11. The third-order valence-corrected chi connectivity index (χ3v) is 24.3. The SMILES string of the molecule is CC(=O)N1CCN(c2nc(NC3CNC3)cc(C(C)(C)C)n2)CC1.CC(C)(C)c1cc(NC2CNC2)nc(N2CCN(C(=O)C3CC3)CC2)n1.CCC(=O)N1CC(Nc2cc(C(C)(C)C)ccn2)C1.CCC(=O)N1CCN(c2nc(NC3CNC3)cc(C(C)(C)C)n2)CC1.CCOc1nc(NC2CNC2)cc(C(C)(C)C)n1.CCc1nc(NC2CNC2)cc(C(C)(C)C)n1. The molecular weight excluding hydrogens is 1630 g/mol. The van der Waals surface area contributed by atoms with Gasteiger partial charge in [-0.3, -0.25) is 19.2 Å². The summed E-state index contributed by atoms with van der Waals surface area (Å²) in [5.74, 6) is 9.89. The highest BCUT2D eigenvalue weighted by Gasteiger charge is 2.37. The van der Waals surface area contributed by atoms with Crippen molar-refractivity contribution in [2.75, 3.05) is 210 Å². The molecular formula is C95H155N29O5. The highest BCUT2D eigenvalue weighted by molar-refractivity contribution is 5.81. The number of anilines is 9. The van der Waals surface area contributed by atoms with E-state index in [1.807, 2.05) is 52.6 Å². The largest absolute Gasteiger partial charge is 0.464 e. The molecule has 9 saturated heterocycles. The van der Waals surface area contributed by atoms with Crippen molar-refractivity contribution in [3.63, 3.8) is 0 Å². The van der Waals surface area contributed by atoms with Crippen LogP contribution in [0.25, 0.3) is 0 Å². The van der Waals surface area contributed by atoms with Gasteiger partial charge in [0.1, 0.15) is 40.7 Å². The Morgan fingerprint density at radius 3 is 1.01 bits per heavy atom. The standard InChI is InChI=1S/C19H30N6O.C18H30N6O.C17H28N6O.C15H23N3O.C13H22N4O.C13H22N4/c1-19(2,3)15-10-16(21-14-11-20-12-14)23-18(22-15)25-8-6-24(7-9-25)17(26)13-4-5-13;1-5-16(25)23-6-8-24(9-7-23)17-21-14(18(2,3)4)10-15(22-17)20-13-11-19-12-13;1-12(24)22-5-7-23(8-6-22)16-20-14(17(2,3)4)9-15(21-16)19-13-10-18-11-13;1-5-14(19)18-9-12(10-18)17-13-8-11(6-7-16-13)15(2,3)4;1-5-18-12-16-10(13(2,3)4)6-11(17-12)15-9-7-14-8-9;1-5-11-16-10(13(2,3)4)6-12(17-11)15-9-7-14-8-9/h10,13-14,20H,4-9,11-12H2,1-3H3,(H,21,22,23);10,13,19H,5-9,11-12H2,1-4H3,(H,20,21,22);9,13,18H,5-8,10-11H2,1-4H3,(H,19,20,21);6-8,12H,5,9-10H2,1-4H3,(H,16,17);6,9,14H,5,7-8H2,1-4H3,(H,15,16,17);6,9,14H,5,7-8H2,1-4H3,(H,15,16,17). The molecule has 1 saturated carbocycles. The molecule has 9 aliphatic heterocycles. The molecule has 16 rings (SSSR count). The van der Waals surface area contributed by atoms with Crippen LogP contribution in [0.4, 0.5) is 52.8 Å². The Bertz CT molecular complexity index is 4630. The fourth-order valence-electron chi connectivity index (χ4n) is 14.8. The average Bonchev–Trinajstić information content (AvgIpc) is 1.27. The molecule has 6 aromatic heterocycles. The monoisotopic (exact) mass is 1780 g/mol. The van der Waals surface area contributed by atoms with Crippen LogP contribution < -0.4 is 77.9 Å². The number of hydrogen-bond donors (Lipinski definition) is 11. The molecule has 0 aromatic carbocycles. The first kappa shape index (κ1) is 99.8. The number of aromatic nitrogens is 11. The summed E-state index contributed by atoms with van der Waals surface area (Å²) in [6.07, 6.45) is 6.02. The predicted molar refractivity (Wildman–Crippen MR) is 518 cm³/mol. The number of ether oxygens (including phenoxy) is 1. The Morgan fingerprint density at radius 1 is 0.364 bits per heavy atom. The molecule has 34 nitrogen and oxygen atoms in total. The second-order valence-corrected chi connectivity index (χ2v) is 41.8. The van der Waals surface area contributed by atoms with Gasteiger partial charge in [0.15, 0.2) is 0 Å². The van der Waals surface area contributed by atoms with Gasteiger partial charge in [-0.05, 0) is 42.9 Å². The summed E-state index contributed by atoms with van der Waals surface area (Å²) >= 11 is 0. The van der Waals surface area contributed by atoms with Crippen LogP contribution >= 0.6 is 0 Å². The van der Waals surface area contributed by atoms with E-state index in [-0.39, 0.29) is 50.2 Å². The average molecular weight is 1780 g/mol. The number of rotatable bonds is 21. The van der Waals surface area contributed by atoms with Crippen molar-refractivity contribution in [1.29, 1.82) is 0 Å². The Labute approximate surface area is 768 Å². The fourth-order valence-corrected chi connectivity index (χ4v) is 14.8. The maximum atomic E-state index is 12.3. The second kappa shape index (κ2) is 44.0. The summed E-state index contributed by atoms with van der Waals surface area (Å²) in [5.41, 5.74) is 6.59. The lowest BCUT2D eigenvalue weighted by Gasteiger charge is -2.39. The highest BCUT2D eigenvalue weighted by Crippen LogP contribution is 2.35. The van der Waals surface area contributed by atoms with E-state index < -0.39 is 0 Å². The quantitative estimate of drug-likeness (QED) is 0.0320. The van der Waals surface area contributed by atoms with E-state index in [1.165, 1.54) is 5.56 Å². The molecule has 710 valence electrons. The van der Waals surface area contributed by atoms with Gasteiger partial charge in [-0.15, -0.1) is 0 Å². The maximum absolute atomic E-state index is 12.3. The van der Waals surface area contributed by atoms with Gasteiger partial charge in [0.05, 0.1) is 71.3 Å². The second-order valence-electron chi connectivity index (χ2n) is 41.8. The lowest BCUT2D eigenvalue weighted by atomic mass is 9.88. The van der Waals surface area contributed by atoms with Crippen molar-refractivity contribution in [1.82, 2.24) is 101 Å². The first-order chi connectivity index (χ1) is 61.0. The summed E-state index contributed by atoms with van der Waals surface area (Å²) in [6.45, 7) is 69.8. The molecule has 34 heteroatoms. The van der Waals surface area contributed by atoms with E-state index in [1.54, 1.807) is 6.92 Å². The van der Waals surface area contributed by atoms with Crippen LogP contribution in [-0.2, 0) is 58.1 Å². The van der Waals surface area contributed by atoms with Crippen LogP contribution in [-0.4, -0.2) is 298 Å². The minimum absolute atomic E-state index is 0.0108. The van der Waals surface area contributed by atoms with Gasteiger partial charge >= 0.3 is 6.01 Å². The third kappa shape index (κ3) is 29.6. The van der Waals surface area contributed by atoms with E-state index in [2.05, 4.69) is 266 Å². The van der Waals surface area contributed by atoms with Crippen LogP contribution in [0, 0.1) is 5.92 Å². The first-order valence-electron chi connectivity index (χ1n) is 47.5. The van der Waals surface area contributed by atoms with E-state index in [0.717, 1.165) is 263 Å². The van der Waals surface area contributed by atoms with Crippen LogP contribution in [0.1, 0.15) is 225 Å². The van der Waals surface area contributed by atoms with Crippen molar-refractivity contribution in [2.24, 2.45) is 5.92 Å². The molecule has 6 aromatic rings. The van der Waals surface area contributed by atoms with E-state index in [0.29, 0.717) is 73.5 Å². The van der Waals surface area contributed by atoms with Crippen LogP contribution in [0.2, 0.25) is 0 Å². The summed E-state index contributed by atoms with van der Waals surface area (Å²) in [4.78, 5) is 112. The number of aryl methyl sites for hydroxylation is 1. The molecule has 129 heavy (non-hydrogen) atoms. The molecule has 10 fully saturated rings. The predicted octanol–water partition coefficient (Wildman–Crippen LogP) is 8.95. The molecule has 0 radical (unpaired) electrons. The molecule has 1 aliphatic carbocycles. The van der Waals surface area contributed by atoms with Gasteiger partial charge in [-0.25, -0.2) is 29.9 Å². The van der Waals surface area contributed by atoms with Gasteiger partial charge < -0.3 is 97.5 Å². The molecule has 15 heterocycles. The van der Waals surface area contributed by atoms with E-state index >= 15 is 0 Å². The van der Waals surface area contributed by atoms with Crippen LogP contribution in [0.15, 0.2) is 48.7 Å². The van der Waals surface area contributed by atoms with Crippen molar-refractivity contribution < 1.29 is 23.9 Å². The molecule has 10 aliphatic rings. The minimum Gasteiger partial charge on any atom is -0.464 e. The topological polar surface area (TPSA) is 374 Å². The summed E-state index contributed by atoms with van der Waals surface area (Å²) in [7, 11) is 0. The maximum Gasteiger partial charge on any atom is 0.318 e. The molecule has 11 N–H and O–H groups in total. The molecule has 0 unspecified atom stereocenters. The number of piperazine rings is 3. The zero-order chi connectivity index (χ0) is 93.3. The number of hydrogen-bond acceptors (Lipinski definition) is 30.